The predicted molar refractivity (Wildman–Crippen MR) is 198 cm³/mol. The van der Waals surface area contributed by atoms with Crippen LogP contribution in [0.15, 0.2) is 120 Å². The van der Waals surface area contributed by atoms with Gasteiger partial charge in [0, 0.05) is 52.8 Å². The smallest absolute Gasteiger partial charge is 0.333 e. The molecule has 0 amide bonds. The van der Waals surface area contributed by atoms with Crippen LogP contribution in [0.2, 0.25) is 0 Å². The van der Waals surface area contributed by atoms with E-state index in [4.69, 9.17) is 4.42 Å². The second-order valence-corrected chi connectivity index (χ2v) is 14.8. The standard InChI is InChI=1S/C40H19BN2OS2/c1-4-16-28-21(9-1)33-29(44-28)19-26-20-12-7-13-24-32-22-10-2-5-17-30(22)46-40(32)43(35(20)24)41-27-15-8-14-25-36(27)42(38(33)34(26)41)37-23-11-3-6-18-31(23)45-39(25)37/h1-19H. The molecular weight excluding hydrogens is 599 g/mol. The Labute approximate surface area is 269 Å². The first-order chi connectivity index (χ1) is 22.8. The molecule has 0 bridgehead atoms. The van der Waals surface area contributed by atoms with Crippen LogP contribution in [-0.2, 0) is 0 Å². The monoisotopic (exact) mass is 618 g/mol. The van der Waals surface area contributed by atoms with Gasteiger partial charge in [-0.15, -0.1) is 22.7 Å². The van der Waals surface area contributed by atoms with Gasteiger partial charge in [-0.1, -0.05) is 91.0 Å². The quantitative estimate of drug-likeness (QED) is 0.155. The number of rotatable bonds is 0. The lowest BCUT2D eigenvalue weighted by Crippen LogP contribution is -2.55. The maximum Gasteiger partial charge on any atom is 0.333 e. The van der Waals surface area contributed by atoms with Crippen LogP contribution < -0.4 is 10.9 Å². The van der Waals surface area contributed by atoms with E-state index in [0.29, 0.717) is 0 Å². The molecular formula is C40H19BN2OS2. The zero-order valence-electron chi connectivity index (χ0n) is 24.2. The molecule has 11 aromatic rings. The summed E-state index contributed by atoms with van der Waals surface area (Å²) >= 11 is 3.85. The van der Waals surface area contributed by atoms with Crippen LogP contribution in [0.5, 0.6) is 0 Å². The molecule has 46 heavy (non-hydrogen) atoms. The Morgan fingerprint density at radius 3 is 2.20 bits per heavy atom. The average molecular weight is 619 g/mol. The minimum atomic E-state index is 0.0393. The van der Waals surface area contributed by atoms with Gasteiger partial charge in [-0.3, -0.25) is 0 Å². The number of fused-ring (bicyclic) bond motifs is 18. The summed E-state index contributed by atoms with van der Waals surface area (Å²) in [4.78, 5) is 1.35. The Balaban J connectivity index is 1.36. The van der Waals surface area contributed by atoms with E-state index in [1.54, 1.807) is 0 Å². The molecule has 13 rings (SSSR count). The zero-order chi connectivity index (χ0) is 29.4. The Bertz CT molecular complexity index is 3220. The minimum absolute atomic E-state index is 0.0393. The SMILES string of the molecule is c1ccc2c(c1)oc1cc3c4c(c12)-n1c2c(cccc2c2sc5ccccc5c21)B4n1c2sc4ccccc4c2c2cccc-3c21. The van der Waals surface area contributed by atoms with Crippen molar-refractivity contribution in [2.75, 3.05) is 0 Å². The minimum Gasteiger partial charge on any atom is -0.456 e. The van der Waals surface area contributed by atoms with Gasteiger partial charge < -0.3 is 13.5 Å². The molecule has 0 fully saturated rings. The molecule has 0 N–H and O–H groups in total. The first kappa shape index (κ1) is 23.1. The molecule has 7 heterocycles. The summed E-state index contributed by atoms with van der Waals surface area (Å²) in [6.07, 6.45) is 0. The average Bonchev–Trinajstić information content (AvgIpc) is 3.89. The van der Waals surface area contributed by atoms with Crippen molar-refractivity contribution >= 4 is 125 Å². The summed E-state index contributed by atoms with van der Waals surface area (Å²) in [7, 11) is 0. The number of aromatic nitrogens is 2. The van der Waals surface area contributed by atoms with Gasteiger partial charge in [-0.05, 0) is 40.8 Å². The molecule has 0 radical (unpaired) electrons. The third-order valence-corrected chi connectivity index (χ3v) is 13.1. The number of benzene rings is 6. The lowest BCUT2D eigenvalue weighted by molar-refractivity contribution is 0.669. The molecule has 6 heteroatoms. The second kappa shape index (κ2) is 7.56. The van der Waals surface area contributed by atoms with Crippen LogP contribution in [0.4, 0.5) is 0 Å². The molecule has 6 aromatic carbocycles. The molecule has 2 aliphatic rings. The summed E-state index contributed by atoms with van der Waals surface area (Å²) in [5.74, 6) is 0. The van der Waals surface area contributed by atoms with Gasteiger partial charge in [0.2, 0.25) is 0 Å². The van der Waals surface area contributed by atoms with Crippen molar-refractivity contribution < 1.29 is 4.42 Å². The Hall–Kier alpha value is -5.30. The number of hydrogen-bond acceptors (Lipinski definition) is 3. The molecule has 0 unspecified atom stereocenters. The zero-order valence-corrected chi connectivity index (χ0v) is 25.8. The van der Waals surface area contributed by atoms with Crippen LogP contribution in [0, 0.1) is 0 Å². The lowest BCUT2D eigenvalue weighted by atomic mass is 9.45. The highest BCUT2D eigenvalue weighted by Crippen LogP contribution is 2.50. The highest BCUT2D eigenvalue weighted by molar-refractivity contribution is 7.27. The summed E-state index contributed by atoms with van der Waals surface area (Å²) < 4.78 is 16.1. The van der Waals surface area contributed by atoms with Gasteiger partial charge in [0.1, 0.15) is 11.2 Å². The molecule has 2 aliphatic heterocycles. The van der Waals surface area contributed by atoms with Crippen molar-refractivity contribution in [3.05, 3.63) is 115 Å². The summed E-state index contributed by atoms with van der Waals surface area (Å²) in [6.45, 7) is 0.0393. The number of furan rings is 1. The maximum absolute atomic E-state index is 6.73. The van der Waals surface area contributed by atoms with E-state index in [9.17, 15) is 0 Å². The topological polar surface area (TPSA) is 23.0 Å². The van der Waals surface area contributed by atoms with E-state index in [0.717, 1.165) is 11.2 Å². The van der Waals surface area contributed by atoms with Crippen LogP contribution >= 0.6 is 22.7 Å². The summed E-state index contributed by atoms with van der Waals surface area (Å²) in [5, 5.41) is 9.08. The van der Waals surface area contributed by atoms with E-state index in [1.165, 1.54) is 101 Å². The van der Waals surface area contributed by atoms with Crippen LogP contribution in [0.3, 0.4) is 0 Å². The van der Waals surface area contributed by atoms with Gasteiger partial charge in [0.05, 0.1) is 31.6 Å². The fourth-order valence-electron chi connectivity index (χ4n) is 9.06. The second-order valence-electron chi connectivity index (χ2n) is 12.8. The van der Waals surface area contributed by atoms with Crippen LogP contribution in [-0.4, -0.2) is 15.9 Å². The lowest BCUT2D eigenvalue weighted by Gasteiger charge is -2.34. The third kappa shape index (κ3) is 2.39. The molecule has 0 saturated carbocycles. The normalized spacial score (nSPS) is 13.6. The Kier molecular flexibility index (Phi) is 3.80. The van der Waals surface area contributed by atoms with Crippen molar-refractivity contribution in [2.45, 2.75) is 0 Å². The highest BCUT2D eigenvalue weighted by atomic mass is 32.1. The van der Waals surface area contributed by atoms with Crippen molar-refractivity contribution in [1.29, 1.82) is 0 Å². The molecule has 0 spiro atoms. The molecule has 0 saturated heterocycles. The largest absolute Gasteiger partial charge is 0.456 e. The van der Waals surface area contributed by atoms with Gasteiger partial charge in [-0.25, -0.2) is 0 Å². The molecule has 0 atom stereocenters. The molecule has 0 aliphatic carbocycles. The van der Waals surface area contributed by atoms with E-state index in [1.807, 2.05) is 22.7 Å². The summed E-state index contributed by atoms with van der Waals surface area (Å²) in [5.41, 5.74) is 12.4. The number of para-hydroxylation sites is 3. The first-order valence-electron chi connectivity index (χ1n) is 15.7. The maximum atomic E-state index is 6.73. The Morgan fingerprint density at radius 2 is 1.28 bits per heavy atom. The third-order valence-electron chi connectivity index (χ3n) is 10.7. The fraction of sp³-hybridized carbons (Fsp3) is 0. The van der Waals surface area contributed by atoms with E-state index in [2.05, 4.69) is 124 Å². The van der Waals surface area contributed by atoms with Crippen LogP contribution in [0.1, 0.15) is 0 Å². The molecule has 210 valence electrons. The number of nitrogens with zero attached hydrogens (tertiary/aromatic N) is 2. The van der Waals surface area contributed by atoms with E-state index in [-0.39, 0.29) is 6.85 Å². The molecule has 3 nitrogen and oxygen atoms in total. The summed E-state index contributed by atoms with van der Waals surface area (Å²) in [6, 6.07) is 42.7. The number of thiophene rings is 2. The first-order valence-corrected chi connectivity index (χ1v) is 17.4. The van der Waals surface area contributed by atoms with Gasteiger partial charge >= 0.3 is 6.85 Å². The van der Waals surface area contributed by atoms with Crippen molar-refractivity contribution in [3.8, 4) is 16.8 Å². The van der Waals surface area contributed by atoms with Gasteiger partial charge in [0.25, 0.3) is 0 Å². The Morgan fingerprint density at radius 1 is 0.543 bits per heavy atom. The van der Waals surface area contributed by atoms with E-state index < -0.39 is 0 Å². The van der Waals surface area contributed by atoms with Gasteiger partial charge in [0.15, 0.2) is 0 Å². The fourth-order valence-corrected chi connectivity index (χ4v) is 11.5. The van der Waals surface area contributed by atoms with Crippen molar-refractivity contribution in [3.63, 3.8) is 0 Å². The van der Waals surface area contributed by atoms with Crippen molar-refractivity contribution in [2.24, 2.45) is 0 Å². The molecule has 5 aromatic heterocycles. The van der Waals surface area contributed by atoms with Gasteiger partial charge in [-0.2, -0.15) is 0 Å². The number of hydrogen-bond donors (Lipinski definition) is 0. The van der Waals surface area contributed by atoms with Crippen LogP contribution in [0.25, 0.3) is 101 Å². The van der Waals surface area contributed by atoms with E-state index >= 15 is 0 Å². The predicted octanol–water partition coefficient (Wildman–Crippen LogP) is 10.2. The highest BCUT2D eigenvalue weighted by Gasteiger charge is 2.43. The van der Waals surface area contributed by atoms with Crippen molar-refractivity contribution in [1.82, 2.24) is 9.05 Å².